The van der Waals surface area contributed by atoms with E-state index in [-0.39, 0.29) is 0 Å². The van der Waals surface area contributed by atoms with Gasteiger partial charge < -0.3 is 14.8 Å². The molecule has 0 saturated heterocycles. The summed E-state index contributed by atoms with van der Waals surface area (Å²) in [6.45, 7) is 6.62. The maximum atomic E-state index is 6.14. The van der Waals surface area contributed by atoms with Crippen molar-refractivity contribution >= 4 is 34.6 Å². The van der Waals surface area contributed by atoms with E-state index in [4.69, 9.17) is 23.8 Å². The number of aromatic nitrogens is 2. The Labute approximate surface area is 177 Å². The minimum atomic E-state index is 0.716. The molecular weight excluding hydrogens is 388 g/mol. The number of nitrogens with one attached hydrogen (secondary N) is 1. The number of aryl methyl sites for hydroxylation is 3. The molecule has 146 valence electrons. The minimum absolute atomic E-state index is 0.716. The predicted molar refractivity (Wildman–Crippen MR) is 121 cm³/mol. The maximum Gasteiger partial charge on any atom is 0.173 e. The van der Waals surface area contributed by atoms with E-state index in [9.17, 15) is 0 Å². The SMILES string of the molecule is Cc1ccc(CN(CCCn2ccnc2)C(=S)Nc2ccc(Cl)c(C)c2)cc1. The molecule has 28 heavy (non-hydrogen) atoms. The fraction of sp³-hybridized carbons (Fsp3) is 0.273. The maximum absolute atomic E-state index is 6.14. The van der Waals surface area contributed by atoms with Crippen LogP contribution in [0.4, 0.5) is 5.69 Å². The highest BCUT2D eigenvalue weighted by atomic mass is 35.5. The number of imidazole rings is 1. The van der Waals surface area contributed by atoms with Crippen LogP contribution >= 0.6 is 23.8 Å². The van der Waals surface area contributed by atoms with E-state index in [1.54, 1.807) is 6.20 Å². The van der Waals surface area contributed by atoms with Crippen LogP contribution in [0, 0.1) is 13.8 Å². The van der Waals surface area contributed by atoms with Crippen LogP contribution < -0.4 is 5.32 Å². The van der Waals surface area contributed by atoms with Crippen molar-refractivity contribution < 1.29 is 0 Å². The van der Waals surface area contributed by atoms with Gasteiger partial charge in [-0.3, -0.25) is 0 Å². The van der Waals surface area contributed by atoms with Gasteiger partial charge in [0.2, 0.25) is 0 Å². The lowest BCUT2D eigenvalue weighted by molar-refractivity contribution is 0.396. The lowest BCUT2D eigenvalue weighted by Gasteiger charge is -2.26. The third kappa shape index (κ3) is 5.81. The first-order valence-corrected chi connectivity index (χ1v) is 10.1. The molecule has 6 heteroatoms. The van der Waals surface area contributed by atoms with Gasteiger partial charge in [0.25, 0.3) is 0 Å². The first-order valence-electron chi connectivity index (χ1n) is 9.34. The third-order valence-electron chi connectivity index (χ3n) is 4.59. The van der Waals surface area contributed by atoms with Gasteiger partial charge in [0.15, 0.2) is 5.11 Å². The van der Waals surface area contributed by atoms with Crippen LogP contribution in [0.15, 0.2) is 61.2 Å². The molecule has 0 radical (unpaired) electrons. The number of benzene rings is 2. The first kappa shape index (κ1) is 20.4. The predicted octanol–water partition coefficient (Wildman–Crippen LogP) is 5.44. The van der Waals surface area contributed by atoms with Crippen LogP contribution in [0.2, 0.25) is 5.02 Å². The molecular formula is C22H25ClN4S. The summed E-state index contributed by atoms with van der Waals surface area (Å²) in [7, 11) is 0. The zero-order chi connectivity index (χ0) is 19.9. The summed E-state index contributed by atoms with van der Waals surface area (Å²) >= 11 is 11.9. The Kier molecular flexibility index (Phi) is 7.06. The van der Waals surface area contributed by atoms with Crippen molar-refractivity contribution in [2.75, 3.05) is 11.9 Å². The van der Waals surface area contributed by atoms with Gasteiger partial charge in [0.05, 0.1) is 6.33 Å². The Morgan fingerprint density at radius 1 is 1.18 bits per heavy atom. The summed E-state index contributed by atoms with van der Waals surface area (Å²) in [4.78, 5) is 6.31. The Balaban J connectivity index is 1.68. The van der Waals surface area contributed by atoms with Crippen molar-refractivity contribution in [3.8, 4) is 0 Å². The molecule has 0 fully saturated rings. The van der Waals surface area contributed by atoms with Gasteiger partial charge in [-0.1, -0.05) is 41.4 Å². The van der Waals surface area contributed by atoms with Crippen LogP contribution in [0.25, 0.3) is 0 Å². The fourth-order valence-electron chi connectivity index (χ4n) is 2.95. The van der Waals surface area contributed by atoms with Crippen LogP contribution in [0.5, 0.6) is 0 Å². The lowest BCUT2D eigenvalue weighted by Crippen LogP contribution is -2.35. The Morgan fingerprint density at radius 3 is 2.64 bits per heavy atom. The van der Waals surface area contributed by atoms with Gasteiger partial charge in [-0.15, -0.1) is 0 Å². The second-order valence-electron chi connectivity index (χ2n) is 6.96. The molecule has 3 aromatic rings. The van der Waals surface area contributed by atoms with Gasteiger partial charge in [0.1, 0.15) is 0 Å². The van der Waals surface area contributed by atoms with Crippen LogP contribution in [-0.4, -0.2) is 26.1 Å². The molecule has 0 bridgehead atoms. The number of anilines is 1. The Morgan fingerprint density at radius 2 is 1.96 bits per heavy atom. The molecule has 1 N–H and O–H groups in total. The zero-order valence-electron chi connectivity index (χ0n) is 16.2. The summed E-state index contributed by atoms with van der Waals surface area (Å²) < 4.78 is 2.09. The number of thiocarbonyl (C=S) groups is 1. The second-order valence-corrected chi connectivity index (χ2v) is 7.75. The topological polar surface area (TPSA) is 33.1 Å². The summed E-state index contributed by atoms with van der Waals surface area (Å²) in [6, 6.07) is 14.5. The molecule has 0 aliphatic rings. The quantitative estimate of drug-likeness (QED) is 0.523. The Bertz CT molecular complexity index is 907. The molecule has 0 unspecified atom stereocenters. The molecule has 2 aromatic carbocycles. The normalized spacial score (nSPS) is 10.7. The van der Waals surface area contributed by atoms with E-state index in [2.05, 4.69) is 51.0 Å². The van der Waals surface area contributed by atoms with Gasteiger partial charge in [-0.05, 0) is 61.8 Å². The van der Waals surface area contributed by atoms with Crippen molar-refractivity contribution in [3.05, 3.63) is 82.9 Å². The minimum Gasteiger partial charge on any atom is -0.345 e. The molecule has 4 nitrogen and oxygen atoms in total. The summed E-state index contributed by atoms with van der Waals surface area (Å²) in [5.74, 6) is 0. The van der Waals surface area contributed by atoms with Crippen LogP contribution in [-0.2, 0) is 13.1 Å². The smallest absolute Gasteiger partial charge is 0.173 e. The van der Waals surface area contributed by atoms with Crippen molar-refractivity contribution in [1.29, 1.82) is 0 Å². The molecule has 1 heterocycles. The van der Waals surface area contributed by atoms with E-state index in [0.29, 0.717) is 5.11 Å². The summed E-state index contributed by atoms with van der Waals surface area (Å²) in [5, 5.41) is 4.84. The first-order chi connectivity index (χ1) is 13.5. The van der Waals surface area contributed by atoms with Crippen molar-refractivity contribution in [2.45, 2.75) is 33.4 Å². The molecule has 3 rings (SSSR count). The number of rotatable bonds is 7. The number of nitrogens with zero attached hydrogens (tertiary/aromatic N) is 3. The average molecular weight is 413 g/mol. The molecule has 1 aromatic heterocycles. The van der Waals surface area contributed by atoms with E-state index < -0.39 is 0 Å². The van der Waals surface area contributed by atoms with Gasteiger partial charge in [-0.2, -0.15) is 0 Å². The van der Waals surface area contributed by atoms with E-state index in [1.165, 1.54) is 11.1 Å². The van der Waals surface area contributed by atoms with E-state index in [0.717, 1.165) is 42.3 Å². The van der Waals surface area contributed by atoms with Crippen molar-refractivity contribution in [3.63, 3.8) is 0 Å². The fourth-order valence-corrected chi connectivity index (χ4v) is 3.35. The third-order valence-corrected chi connectivity index (χ3v) is 5.38. The molecule has 0 amide bonds. The van der Waals surface area contributed by atoms with Crippen LogP contribution in [0.1, 0.15) is 23.1 Å². The molecule has 0 spiro atoms. The van der Waals surface area contributed by atoms with Crippen molar-refractivity contribution in [1.82, 2.24) is 14.5 Å². The highest BCUT2D eigenvalue weighted by molar-refractivity contribution is 7.80. The highest BCUT2D eigenvalue weighted by Gasteiger charge is 2.11. The highest BCUT2D eigenvalue weighted by Crippen LogP contribution is 2.20. The number of hydrogen-bond acceptors (Lipinski definition) is 2. The molecule has 0 atom stereocenters. The number of hydrogen-bond donors (Lipinski definition) is 1. The Hall–Kier alpha value is -2.37. The molecule has 0 aliphatic carbocycles. The van der Waals surface area contributed by atoms with E-state index in [1.807, 2.05) is 37.6 Å². The lowest BCUT2D eigenvalue weighted by atomic mass is 10.1. The summed E-state index contributed by atoms with van der Waals surface area (Å²) in [5.41, 5.74) is 4.48. The number of halogens is 1. The average Bonchev–Trinajstić information content (AvgIpc) is 3.19. The van der Waals surface area contributed by atoms with E-state index >= 15 is 0 Å². The molecule has 0 saturated carbocycles. The zero-order valence-corrected chi connectivity index (χ0v) is 17.8. The second kappa shape index (κ2) is 9.71. The van der Waals surface area contributed by atoms with Gasteiger partial charge >= 0.3 is 0 Å². The standard InChI is InChI=1S/C22H25ClN4S/c1-17-4-6-19(7-5-17)15-27(12-3-11-26-13-10-24-16-26)22(28)25-20-8-9-21(23)18(2)14-20/h4-10,13-14,16H,3,11-12,15H2,1-2H3,(H,25,28). The monoisotopic (exact) mass is 412 g/mol. The van der Waals surface area contributed by atoms with Crippen molar-refractivity contribution in [2.24, 2.45) is 0 Å². The molecule has 0 aliphatic heterocycles. The van der Waals surface area contributed by atoms with Gasteiger partial charge in [0, 0.05) is 42.7 Å². The van der Waals surface area contributed by atoms with Gasteiger partial charge in [-0.25, -0.2) is 4.98 Å². The largest absolute Gasteiger partial charge is 0.345 e. The van der Waals surface area contributed by atoms with Crippen LogP contribution in [0.3, 0.4) is 0 Å². The summed E-state index contributed by atoms with van der Waals surface area (Å²) in [6.07, 6.45) is 6.61.